The number of piperazine rings is 1. The van der Waals surface area contributed by atoms with Crippen LogP contribution in [0.1, 0.15) is 52.4 Å². The van der Waals surface area contributed by atoms with Gasteiger partial charge in [-0.25, -0.2) is 0 Å². The predicted molar refractivity (Wildman–Crippen MR) is 85.1 cm³/mol. The Morgan fingerprint density at radius 3 is 2.65 bits per heavy atom. The van der Waals surface area contributed by atoms with Crippen molar-refractivity contribution in [1.29, 1.82) is 0 Å². The summed E-state index contributed by atoms with van der Waals surface area (Å²) in [6, 6.07) is 1.58. The third-order valence-electron chi connectivity index (χ3n) is 6.19. The molecule has 1 spiro atoms. The van der Waals surface area contributed by atoms with Gasteiger partial charge < -0.3 is 10.2 Å². The lowest BCUT2D eigenvalue weighted by Crippen LogP contribution is -2.67. The Morgan fingerprint density at radius 1 is 1.25 bits per heavy atom. The zero-order chi connectivity index (χ0) is 14.2. The summed E-state index contributed by atoms with van der Waals surface area (Å²) < 4.78 is 0. The average Bonchev–Trinajstić information content (AvgIpc) is 2.87. The Bertz CT molecular complexity index is 324. The van der Waals surface area contributed by atoms with Crippen molar-refractivity contribution in [3.63, 3.8) is 0 Å². The number of piperidine rings is 1. The molecule has 3 unspecified atom stereocenters. The van der Waals surface area contributed by atoms with Gasteiger partial charge in [0.2, 0.25) is 0 Å². The minimum absolute atomic E-state index is 0.467. The molecule has 20 heavy (non-hydrogen) atoms. The van der Waals surface area contributed by atoms with Crippen molar-refractivity contribution < 1.29 is 0 Å². The van der Waals surface area contributed by atoms with Gasteiger partial charge in [0.1, 0.15) is 0 Å². The molecule has 0 radical (unpaired) electrons. The van der Waals surface area contributed by atoms with E-state index >= 15 is 0 Å². The van der Waals surface area contributed by atoms with Crippen LogP contribution in [0.4, 0.5) is 0 Å². The first-order valence-corrected chi connectivity index (χ1v) is 8.83. The highest BCUT2D eigenvalue weighted by Crippen LogP contribution is 2.36. The Kier molecular flexibility index (Phi) is 4.40. The van der Waals surface area contributed by atoms with Gasteiger partial charge >= 0.3 is 0 Å². The quantitative estimate of drug-likeness (QED) is 0.837. The molecule has 1 N–H and O–H groups in total. The largest absolute Gasteiger partial charge is 0.308 e. The van der Waals surface area contributed by atoms with Crippen LogP contribution in [0, 0.1) is 5.92 Å². The summed E-state index contributed by atoms with van der Waals surface area (Å²) in [6.45, 7) is 9.92. The van der Waals surface area contributed by atoms with Gasteiger partial charge in [0.05, 0.1) is 0 Å². The first-order chi connectivity index (χ1) is 9.63. The standard InChI is InChI=1S/C17H33N3/c1-4-15-11-18-17(8-5-6-9-17)13-20(15)16-7-10-19(3)12-14(16)2/h14-16,18H,4-13H2,1-3H3. The third kappa shape index (κ3) is 2.77. The Labute approximate surface area is 125 Å². The van der Waals surface area contributed by atoms with Crippen molar-refractivity contribution in [2.45, 2.75) is 70.0 Å². The molecule has 3 heteroatoms. The molecular formula is C17H33N3. The molecule has 2 saturated heterocycles. The number of hydrogen-bond donors (Lipinski definition) is 1. The molecule has 3 nitrogen and oxygen atoms in total. The molecule has 1 aliphatic carbocycles. The number of hydrogen-bond acceptors (Lipinski definition) is 3. The summed E-state index contributed by atoms with van der Waals surface area (Å²) in [5, 5.41) is 3.94. The van der Waals surface area contributed by atoms with Crippen LogP contribution in [0.15, 0.2) is 0 Å². The van der Waals surface area contributed by atoms with E-state index < -0.39 is 0 Å². The predicted octanol–water partition coefficient (Wildman–Crippen LogP) is 2.32. The smallest absolute Gasteiger partial charge is 0.0309 e. The normalized spacial score (nSPS) is 39.5. The van der Waals surface area contributed by atoms with E-state index in [4.69, 9.17) is 0 Å². The monoisotopic (exact) mass is 279 g/mol. The lowest BCUT2D eigenvalue weighted by atomic mass is 9.85. The zero-order valence-electron chi connectivity index (χ0n) is 13.7. The van der Waals surface area contributed by atoms with Gasteiger partial charge in [-0.1, -0.05) is 26.7 Å². The van der Waals surface area contributed by atoms with Crippen LogP contribution in [-0.4, -0.2) is 60.6 Å². The summed E-state index contributed by atoms with van der Waals surface area (Å²) >= 11 is 0. The summed E-state index contributed by atoms with van der Waals surface area (Å²) in [5.74, 6) is 0.819. The highest BCUT2D eigenvalue weighted by Gasteiger charge is 2.44. The van der Waals surface area contributed by atoms with Crippen LogP contribution in [-0.2, 0) is 0 Å². The molecule has 0 aromatic carbocycles. The highest BCUT2D eigenvalue weighted by atomic mass is 15.3. The fraction of sp³-hybridized carbons (Fsp3) is 1.00. The lowest BCUT2D eigenvalue weighted by molar-refractivity contribution is -0.00650. The molecule has 2 heterocycles. The van der Waals surface area contributed by atoms with Crippen LogP contribution < -0.4 is 5.32 Å². The van der Waals surface area contributed by atoms with Gasteiger partial charge in [-0.3, -0.25) is 4.90 Å². The SMILES string of the molecule is CCC1CNC2(CCCC2)CN1C1CCN(C)CC1C. The molecule has 116 valence electrons. The van der Waals surface area contributed by atoms with Gasteiger partial charge in [0.25, 0.3) is 0 Å². The van der Waals surface area contributed by atoms with Gasteiger partial charge in [0.15, 0.2) is 0 Å². The second-order valence-electron chi connectivity index (χ2n) is 7.70. The number of nitrogens with one attached hydrogen (secondary N) is 1. The summed E-state index contributed by atoms with van der Waals surface area (Å²) in [6.07, 6.45) is 8.33. The Hall–Kier alpha value is -0.120. The fourth-order valence-corrected chi connectivity index (χ4v) is 4.97. The van der Waals surface area contributed by atoms with Crippen LogP contribution in [0.2, 0.25) is 0 Å². The van der Waals surface area contributed by atoms with Crippen LogP contribution >= 0.6 is 0 Å². The molecule has 1 saturated carbocycles. The average molecular weight is 279 g/mol. The van der Waals surface area contributed by atoms with E-state index in [1.165, 1.54) is 64.7 Å². The molecule has 0 amide bonds. The van der Waals surface area contributed by atoms with Gasteiger partial charge in [-0.05, 0) is 45.2 Å². The van der Waals surface area contributed by atoms with Crippen molar-refractivity contribution in [3.8, 4) is 0 Å². The highest BCUT2D eigenvalue weighted by molar-refractivity contribution is 5.03. The van der Waals surface area contributed by atoms with E-state index in [2.05, 4.69) is 36.0 Å². The van der Waals surface area contributed by atoms with Crippen molar-refractivity contribution in [2.24, 2.45) is 5.92 Å². The topological polar surface area (TPSA) is 18.5 Å². The maximum atomic E-state index is 3.94. The molecule has 3 aliphatic rings. The molecule has 3 rings (SSSR count). The fourth-order valence-electron chi connectivity index (χ4n) is 4.97. The summed E-state index contributed by atoms with van der Waals surface area (Å²) in [5.41, 5.74) is 0.467. The van der Waals surface area contributed by atoms with Crippen molar-refractivity contribution in [2.75, 3.05) is 33.2 Å². The molecule has 3 fully saturated rings. The molecule has 0 aromatic rings. The maximum absolute atomic E-state index is 3.94. The Morgan fingerprint density at radius 2 is 2.00 bits per heavy atom. The third-order valence-corrected chi connectivity index (χ3v) is 6.19. The number of rotatable bonds is 2. The first-order valence-electron chi connectivity index (χ1n) is 8.83. The molecule has 0 bridgehead atoms. The maximum Gasteiger partial charge on any atom is 0.0309 e. The minimum Gasteiger partial charge on any atom is -0.308 e. The van der Waals surface area contributed by atoms with Crippen molar-refractivity contribution in [1.82, 2.24) is 15.1 Å². The molecule has 2 aliphatic heterocycles. The second kappa shape index (κ2) is 5.94. The molecule has 3 atom stereocenters. The summed E-state index contributed by atoms with van der Waals surface area (Å²) in [7, 11) is 2.28. The van der Waals surface area contributed by atoms with E-state index in [0.717, 1.165) is 18.0 Å². The molecular weight excluding hydrogens is 246 g/mol. The van der Waals surface area contributed by atoms with E-state index in [9.17, 15) is 0 Å². The van der Waals surface area contributed by atoms with Crippen LogP contribution in [0.3, 0.4) is 0 Å². The number of likely N-dealkylation sites (tertiary alicyclic amines) is 1. The van der Waals surface area contributed by atoms with E-state index in [0.29, 0.717) is 5.54 Å². The van der Waals surface area contributed by atoms with Gasteiger partial charge in [-0.2, -0.15) is 0 Å². The van der Waals surface area contributed by atoms with Gasteiger partial charge in [-0.15, -0.1) is 0 Å². The lowest BCUT2D eigenvalue weighted by Gasteiger charge is -2.52. The summed E-state index contributed by atoms with van der Waals surface area (Å²) in [4.78, 5) is 5.43. The van der Waals surface area contributed by atoms with E-state index in [-0.39, 0.29) is 0 Å². The zero-order valence-corrected chi connectivity index (χ0v) is 13.7. The van der Waals surface area contributed by atoms with Crippen LogP contribution in [0.25, 0.3) is 0 Å². The second-order valence-corrected chi connectivity index (χ2v) is 7.70. The van der Waals surface area contributed by atoms with E-state index in [1.54, 1.807) is 0 Å². The van der Waals surface area contributed by atoms with Crippen LogP contribution in [0.5, 0.6) is 0 Å². The Balaban J connectivity index is 1.73. The number of nitrogens with zero attached hydrogens (tertiary/aromatic N) is 2. The van der Waals surface area contributed by atoms with E-state index in [1.807, 2.05) is 0 Å². The van der Waals surface area contributed by atoms with Gasteiger partial charge in [0, 0.05) is 37.3 Å². The van der Waals surface area contributed by atoms with Crippen molar-refractivity contribution in [3.05, 3.63) is 0 Å². The van der Waals surface area contributed by atoms with Crippen molar-refractivity contribution >= 4 is 0 Å². The first kappa shape index (κ1) is 14.8. The molecule has 0 aromatic heterocycles. The minimum atomic E-state index is 0.467.